The zero-order valence-electron chi connectivity index (χ0n) is 13.5. The van der Waals surface area contributed by atoms with Gasteiger partial charge in [-0.25, -0.2) is 0 Å². The Morgan fingerprint density at radius 3 is 2.50 bits per heavy atom. The molecule has 0 aliphatic carbocycles. The lowest BCUT2D eigenvalue weighted by atomic mass is 10.0. The predicted octanol–water partition coefficient (Wildman–Crippen LogP) is 3.32. The van der Waals surface area contributed by atoms with E-state index < -0.39 is 6.10 Å². The summed E-state index contributed by atoms with van der Waals surface area (Å²) in [5.74, 6) is 1.79. The van der Waals surface area contributed by atoms with Gasteiger partial charge in [-0.3, -0.25) is 0 Å². The van der Waals surface area contributed by atoms with E-state index in [1.165, 1.54) is 0 Å². The highest BCUT2D eigenvalue weighted by molar-refractivity contribution is 5.29. The van der Waals surface area contributed by atoms with Crippen LogP contribution in [0.25, 0.3) is 0 Å². The minimum atomic E-state index is -0.544. The Hall–Kier alpha value is -1.78. The van der Waals surface area contributed by atoms with Crippen molar-refractivity contribution in [2.24, 2.45) is 0 Å². The molecule has 0 aliphatic rings. The predicted molar refractivity (Wildman–Crippen MR) is 87.0 cm³/mol. The minimum Gasteiger partial charge on any atom is -0.497 e. The van der Waals surface area contributed by atoms with Crippen LogP contribution < -0.4 is 10.1 Å². The lowest BCUT2D eigenvalue weighted by Crippen LogP contribution is -2.38. The van der Waals surface area contributed by atoms with Gasteiger partial charge in [-0.1, -0.05) is 12.1 Å². The molecule has 120 valence electrons. The Labute approximate surface area is 132 Å². The molecule has 4 heteroatoms. The summed E-state index contributed by atoms with van der Waals surface area (Å²) in [6.07, 6.45) is 3.01. The number of aryl methyl sites for hydroxylation is 1. The lowest BCUT2D eigenvalue weighted by molar-refractivity contribution is 0.129. The quantitative estimate of drug-likeness (QED) is 0.785. The first-order valence-corrected chi connectivity index (χ1v) is 7.70. The summed E-state index contributed by atoms with van der Waals surface area (Å²) in [6, 6.07) is 11.7. The Morgan fingerprint density at radius 2 is 1.91 bits per heavy atom. The van der Waals surface area contributed by atoms with Crippen molar-refractivity contribution in [3.05, 3.63) is 54.0 Å². The van der Waals surface area contributed by atoms with E-state index in [1.807, 2.05) is 43.3 Å². The van der Waals surface area contributed by atoms with E-state index in [2.05, 4.69) is 12.2 Å². The molecule has 0 saturated carbocycles. The average molecular weight is 303 g/mol. The minimum absolute atomic E-state index is 0.0278. The standard InChI is InChI=1S/C18H25NO3/c1-13(6-9-17-5-4-12-22-17)19-14(2)18(20)15-7-10-16(21-3)11-8-15/h4-5,7-8,10-14,18-20H,6,9H2,1-3H3. The van der Waals surface area contributed by atoms with Crippen molar-refractivity contribution in [1.29, 1.82) is 0 Å². The third-order valence-corrected chi connectivity index (χ3v) is 3.88. The third-order valence-electron chi connectivity index (χ3n) is 3.88. The Kier molecular flexibility index (Phi) is 6.04. The molecular weight excluding hydrogens is 278 g/mol. The van der Waals surface area contributed by atoms with E-state index in [0.29, 0.717) is 6.04 Å². The lowest BCUT2D eigenvalue weighted by Gasteiger charge is -2.24. The van der Waals surface area contributed by atoms with E-state index in [9.17, 15) is 5.11 Å². The summed E-state index contributed by atoms with van der Waals surface area (Å²) < 4.78 is 10.5. The molecule has 0 spiro atoms. The smallest absolute Gasteiger partial charge is 0.118 e. The fourth-order valence-electron chi connectivity index (χ4n) is 2.53. The molecule has 4 nitrogen and oxygen atoms in total. The SMILES string of the molecule is COc1ccc(C(O)C(C)NC(C)CCc2ccco2)cc1. The molecule has 0 bridgehead atoms. The molecule has 0 aliphatic heterocycles. The van der Waals surface area contributed by atoms with Crippen molar-refractivity contribution in [3.63, 3.8) is 0 Å². The van der Waals surface area contributed by atoms with Crippen LogP contribution in [-0.2, 0) is 6.42 Å². The number of rotatable bonds is 8. The monoisotopic (exact) mass is 303 g/mol. The average Bonchev–Trinajstić information content (AvgIpc) is 3.05. The summed E-state index contributed by atoms with van der Waals surface area (Å²) in [5, 5.41) is 13.9. The van der Waals surface area contributed by atoms with Gasteiger partial charge in [0.1, 0.15) is 11.5 Å². The van der Waals surface area contributed by atoms with Crippen LogP contribution in [0.3, 0.4) is 0 Å². The summed E-state index contributed by atoms with van der Waals surface area (Å²) >= 11 is 0. The molecule has 0 saturated heterocycles. The van der Waals surface area contributed by atoms with E-state index in [1.54, 1.807) is 13.4 Å². The number of furan rings is 1. The Balaban J connectivity index is 1.82. The van der Waals surface area contributed by atoms with Crippen molar-refractivity contribution >= 4 is 0 Å². The van der Waals surface area contributed by atoms with Crippen LogP contribution in [-0.4, -0.2) is 24.3 Å². The molecule has 0 amide bonds. The van der Waals surface area contributed by atoms with Crippen molar-refractivity contribution < 1.29 is 14.3 Å². The molecule has 22 heavy (non-hydrogen) atoms. The molecule has 0 fully saturated rings. The first-order chi connectivity index (χ1) is 10.6. The second kappa shape index (κ2) is 8.01. The van der Waals surface area contributed by atoms with Crippen LogP contribution in [0.1, 0.15) is 37.7 Å². The zero-order valence-corrected chi connectivity index (χ0v) is 13.5. The second-order valence-corrected chi connectivity index (χ2v) is 5.69. The third kappa shape index (κ3) is 4.61. The van der Waals surface area contributed by atoms with Gasteiger partial charge in [0, 0.05) is 18.5 Å². The van der Waals surface area contributed by atoms with Crippen LogP contribution in [0.15, 0.2) is 47.1 Å². The van der Waals surface area contributed by atoms with Crippen molar-refractivity contribution in [2.45, 2.75) is 44.9 Å². The molecule has 1 aromatic carbocycles. The molecule has 1 aromatic heterocycles. The number of methoxy groups -OCH3 is 1. The summed E-state index contributed by atoms with van der Waals surface area (Å²) in [6.45, 7) is 4.12. The van der Waals surface area contributed by atoms with E-state index in [-0.39, 0.29) is 6.04 Å². The van der Waals surface area contributed by atoms with Crippen molar-refractivity contribution in [3.8, 4) is 5.75 Å². The number of hydrogen-bond donors (Lipinski definition) is 2. The summed E-state index contributed by atoms with van der Waals surface area (Å²) in [5.41, 5.74) is 0.888. The highest BCUT2D eigenvalue weighted by Gasteiger charge is 2.18. The van der Waals surface area contributed by atoms with Gasteiger partial charge in [-0.2, -0.15) is 0 Å². The van der Waals surface area contributed by atoms with E-state index in [4.69, 9.17) is 9.15 Å². The molecule has 2 rings (SSSR count). The van der Waals surface area contributed by atoms with E-state index >= 15 is 0 Å². The van der Waals surface area contributed by atoms with Gasteiger partial charge in [-0.05, 0) is 50.1 Å². The van der Waals surface area contributed by atoms with Gasteiger partial charge in [0.2, 0.25) is 0 Å². The first kappa shape index (κ1) is 16.6. The molecule has 1 heterocycles. The second-order valence-electron chi connectivity index (χ2n) is 5.69. The number of ether oxygens (including phenoxy) is 1. The van der Waals surface area contributed by atoms with Gasteiger partial charge in [0.15, 0.2) is 0 Å². The van der Waals surface area contributed by atoms with Crippen molar-refractivity contribution in [1.82, 2.24) is 5.32 Å². The van der Waals surface area contributed by atoms with Crippen LogP contribution in [0.2, 0.25) is 0 Å². The van der Waals surface area contributed by atoms with Crippen LogP contribution in [0.4, 0.5) is 0 Å². The summed E-state index contributed by atoms with van der Waals surface area (Å²) in [4.78, 5) is 0. The fourth-order valence-corrected chi connectivity index (χ4v) is 2.53. The zero-order chi connectivity index (χ0) is 15.9. The van der Waals surface area contributed by atoms with Gasteiger partial charge in [0.25, 0.3) is 0 Å². The largest absolute Gasteiger partial charge is 0.497 e. The Bertz CT molecular complexity index is 536. The topological polar surface area (TPSA) is 54.6 Å². The first-order valence-electron chi connectivity index (χ1n) is 7.70. The van der Waals surface area contributed by atoms with Crippen LogP contribution in [0.5, 0.6) is 5.75 Å². The molecule has 2 aromatic rings. The molecular formula is C18H25NO3. The van der Waals surface area contributed by atoms with Crippen LogP contribution >= 0.6 is 0 Å². The maximum absolute atomic E-state index is 10.4. The Morgan fingerprint density at radius 1 is 1.18 bits per heavy atom. The highest BCUT2D eigenvalue weighted by Crippen LogP contribution is 2.20. The molecule has 2 N–H and O–H groups in total. The number of nitrogens with one attached hydrogen (secondary N) is 1. The fraction of sp³-hybridized carbons (Fsp3) is 0.444. The highest BCUT2D eigenvalue weighted by atomic mass is 16.5. The van der Waals surface area contributed by atoms with Gasteiger partial charge >= 0.3 is 0 Å². The number of benzene rings is 1. The number of aliphatic hydroxyl groups excluding tert-OH is 1. The summed E-state index contributed by atoms with van der Waals surface area (Å²) in [7, 11) is 1.64. The van der Waals surface area contributed by atoms with E-state index in [0.717, 1.165) is 29.9 Å². The molecule has 0 radical (unpaired) electrons. The maximum atomic E-state index is 10.4. The number of aliphatic hydroxyl groups is 1. The normalized spacial score (nSPS) is 15.3. The van der Waals surface area contributed by atoms with Crippen molar-refractivity contribution in [2.75, 3.05) is 7.11 Å². The van der Waals surface area contributed by atoms with Gasteiger partial charge in [0.05, 0.1) is 19.5 Å². The van der Waals surface area contributed by atoms with Gasteiger partial charge < -0.3 is 19.6 Å². The molecule has 3 atom stereocenters. The molecule has 3 unspecified atom stereocenters. The van der Waals surface area contributed by atoms with Crippen LogP contribution in [0, 0.1) is 0 Å². The maximum Gasteiger partial charge on any atom is 0.118 e. The number of hydrogen-bond acceptors (Lipinski definition) is 4. The van der Waals surface area contributed by atoms with Gasteiger partial charge in [-0.15, -0.1) is 0 Å².